The summed E-state index contributed by atoms with van der Waals surface area (Å²) in [6, 6.07) is 5.59. The van der Waals surface area contributed by atoms with Gasteiger partial charge in [-0.15, -0.1) is 0 Å². The number of nitrogen functional groups attached to an aromatic ring is 1. The summed E-state index contributed by atoms with van der Waals surface area (Å²) in [5, 5.41) is 4.37. The molecule has 1 aromatic carbocycles. The van der Waals surface area contributed by atoms with E-state index in [-0.39, 0.29) is 12.0 Å². The van der Waals surface area contributed by atoms with Crippen LogP contribution in [-0.4, -0.2) is 23.2 Å². The van der Waals surface area contributed by atoms with Gasteiger partial charge in [-0.05, 0) is 60.0 Å². The lowest BCUT2D eigenvalue weighted by Gasteiger charge is -2.11. The van der Waals surface area contributed by atoms with Gasteiger partial charge in [-0.25, -0.2) is 10.4 Å². The van der Waals surface area contributed by atoms with Crippen molar-refractivity contribution in [3.05, 3.63) is 38.8 Å². The number of hydrogen-bond donors (Lipinski definition) is 2. The Morgan fingerprint density at radius 1 is 1.54 bits per heavy atom. The fraction of sp³-hybridized carbons (Fsp3) is 0.312. The number of thiazole rings is 1. The van der Waals surface area contributed by atoms with Crippen LogP contribution in [0.5, 0.6) is 5.75 Å². The number of aryl methyl sites for hydroxylation is 1. The predicted molar refractivity (Wildman–Crippen MR) is 101 cm³/mol. The first-order valence-corrected chi connectivity index (χ1v) is 9.06. The second-order valence-electron chi connectivity index (χ2n) is 5.24. The largest absolute Gasteiger partial charge is 0.490 e. The number of rotatable bonds is 6. The standard InChI is InChI=1S/C16H19BrN4O2S/c1-4-12-14(24-16(18)20-12)15(22)21-19-8-10-5-6-13(11(17)7-10)23-9(2)3/h5-9H,4H2,1-3H3,(H2,18,20)(H,21,22)/b19-8-. The number of nitrogens with two attached hydrogens (primary N) is 1. The molecule has 0 saturated heterocycles. The summed E-state index contributed by atoms with van der Waals surface area (Å²) in [4.78, 5) is 16.8. The maximum atomic E-state index is 12.1. The molecule has 0 radical (unpaired) electrons. The van der Waals surface area contributed by atoms with Gasteiger partial charge in [0.2, 0.25) is 0 Å². The minimum absolute atomic E-state index is 0.0970. The number of nitrogens with one attached hydrogen (secondary N) is 1. The normalized spacial score (nSPS) is 11.2. The topological polar surface area (TPSA) is 89.6 Å². The third kappa shape index (κ3) is 4.78. The molecule has 0 saturated carbocycles. The summed E-state index contributed by atoms with van der Waals surface area (Å²) >= 11 is 4.62. The lowest BCUT2D eigenvalue weighted by Crippen LogP contribution is -2.17. The summed E-state index contributed by atoms with van der Waals surface area (Å²) in [6.45, 7) is 5.86. The van der Waals surface area contributed by atoms with E-state index in [1.165, 1.54) is 0 Å². The molecule has 1 aromatic heterocycles. The lowest BCUT2D eigenvalue weighted by molar-refractivity contribution is 0.0958. The highest BCUT2D eigenvalue weighted by Gasteiger charge is 2.15. The number of ether oxygens (including phenoxy) is 1. The number of halogens is 1. The van der Waals surface area contributed by atoms with Crippen molar-refractivity contribution in [3.63, 3.8) is 0 Å². The first kappa shape index (κ1) is 18.4. The van der Waals surface area contributed by atoms with Gasteiger partial charge >= 0.3 is 0 Å². The third-order valence-corrected chi connectivity index (χ3v) is 4.50. The maximum Gasteiger partial charge on any atom is 0.283 e. The van der Waals surface area contributed by atoms with Gasteiger partial charge < -0.3 is 10.5 Å². The van der Waals surface area contributed by atoms with Crippen LogP contribution in [0.25, 0.3) is 0 Å². The van der Waals surface area contributed by atoms with Gasteiger partial charge in [0.15, 0.2) is 5.13 Å². The molecule has 0 aliphatic rings. The number of nitrogens with zero attached hydrogens (tertiary/aromatic N) is 2. The van der Waals surface area contributed by atoms with Gasteiger partial charge in [0.25, 0.3) is 5.91 Å². The Balaban J connectivity index is 2.03. The van der Waals surface area contributed by atoms with Crippen LogP contribution in [0.1, 0.15) is 41.7 Å². The molecular weight excluding hydrogens is 392 g/mol. The molecule has 6 nitrogen and oxygen atoms in total. The van der Waals surface area contributed by atoms with Gasteiger partial charge in [-0.3, -0.25) is 4.79 Å². The fourth-order valence-electron chi connectivity index (χ4n) is 1.95. The minimum atomic E-state index is -0.309. The molecule has 8 heteroatoms. The van der Waals surface area contributed by atoms with Crippen molar-refractivity contribution in [1.82, 2.24) is 10.4 Å². The molecule has 2 rings (SSSR count). The van der Waals surface area contributed by atoms with Crippen molar-refractivity contribution < 1.29 is 9.53 Å². The summed E-state index contributed by atoms with van der Waals surface area (Å²) in [5.41, 5.74) is 9.66. The Morgan fingerprint density at radius 2 is 2.29 bits per heavy atom. The Hall–Kier alpha value is -1.93. The summed E-state index contributed by atoms with van der Waals surface area (Å²) in [7, 11) is 0. The summed E-state index contributed by atoms with van der Waals surface area (Å²) < 4.78 is 6.48. The molecule has 128 valence electrons. The first-order valence-electron chi connectivity index (χ1n) is 7.45. The van der Waals surface area contributed by atoms with Crippen molar-refractivity contribution in [2.45, 2.75) is 33.3 Å². The van der Waals surface area contributed by atoms with E-state index in [1.807, 2.05) is 39.0 Å². The molecule has 0 atom stereocenters. The molecule has 1 amide bonds. The van der Waals surface area contributed by atoms with E-state index in [9.17, 15) is 4.79 Å². The highest BCUT2D eigenvalue weighted by atomic mass is 79.9. The molecule has 0 aliphatic heterocycles. The smallest absolute Gasteiger partial charge is 0.283 e. The second kappa shape index (κ2) is 8.25. The summed E-state index contributed by atoms with van der Waals surface area (Å²) in [5.74, 6) is 0.454. The SMILES string of the molecule is CCc1nc(N)sc1C(=O)N/N=C\c1ccc(OC(C)C)c(Br)c1. The van der Waals surface area contributed by atoms with Crippen LogP contribution in [-0.2, 0) is 6.42 Å². The van der Waals surface area contributed by atoms with E-state index in [0.717, 1.165) is 27.1 Å². The number of hydrogen-bond acceptors (Lipinski definition) is 6. The Bertz CT molecular complexity index is 759. The quantitative estimate of drug-likeness (QED) is 0.562. The number of amides is 1. The Labute approximate surface area is 153 Å². The molecule has 0 unspecified atom stereocenters. The fourth-order valence-corrected chi connectivity index (χ4v) is 3.25. The van der Waals surface area contributed by atoms with Crippen LogP contribution < -0.4 is 15.9 Å². The first-order chi connectivity index (χ1) is 11.4. The van der Waals surface area contributed by atoms with Crippen LogP contribution >= 0.6 is 27.3 Å². The van der Waals surface area contributed by atoms with Gasteiger partial charge in [0, 0.05) is 0 Å². The van der Waals surface area contributed by atoms with Gasteiger partial charge in [-0.2, -0.15) is 5.10 Å². The molecular formula is C16H19BrN4O2S. The van der Waals surface area contributed by atoms with Crippen LogP contribution in [0.3, 0.4) is 0 Å². The highest BCUT2D eigenvalue weighted by molar-refractivity contribution is 9.10. The molecule has 24 heavy (non-hydrogen) atoms. The summed E-state index contributed by atoms with van der Waals surface area (Å²) in [6.07, 6.45) is 2.31. The number of benzene rings is 1. The Kier molecular flexibility index (Phi) is 6.33. The second-order valence-corrected chi connectivity index (χ2v) is 7.12. The molecule has 0 fully saturated rings. The van der Waals surface area contributed by atoms with Gasteiger partial charge in [-0.1, -0.05) is 18.3 Å². The average Bonchev–Trinajstić information content (AvgIpc) is 2.90. The predicted octanol–water partition coefficient (Wildman–Crippen LogP) is 3.60. The van der Waals surface area contributed by atoms with E-state index >= 15 is 0 Å². The van der Waals surface area contributed by atoms with Crippen molar-refractivity contribution in [2.24, 2.45) is 5.10 Å². The Morgan fingerprint density at radius 3 is 2.92 bits per heavy atom. The lowest BCUT2D eigenvalue weighted by atomic mass is 10.2. The van der Waals surface area contributed by atoms with Gasteiger partial charge in [0.05, 0.1) is 22.5 Å². The van der Waals surface area contributed by atoms with E-state index in [0.29, 0.717) is 22.1 Å². The molecule has 1 heterocycles. The van der Waals surface area contributed by atoms with Crippen molar-refractivity contribution in [1.29, 1.82) is 0 Å². The molecule has 0 aliphatic carbocycles. The number of carbonyl (C=O) groups is 1. The highest BCUT2D eigenvalue weighted by Crippen LogP contribution is 2.26. The van der Waals surface area contributed by atoms with Gasteiger partial charge in [0.1, 0.15) is 10.6 Å². The molecule has 3 N–H and O–H groups in total. The van der Waals surface area contributed by atoms with E-state index in [4.69, 9.17) is 10.5 Å². The van der Waals surface area contributed by atoms with Crippen LogP contribution in [0.4, 0.5) is 5.13 Å². The third-order valence-electron chi connectivity index (χ3n) is 2.95. The minimum Gasteiger partial charge on any atom is -0.490 e. The molecule has 0 spiro atoms. The van der Waals surface area contributed by atoms with Crippen molar-refractivity contribution in [3.8, 4) is 5.75 Å². The number of carbonyl (C=O) groups excluding carboxylic acids is 1. The van der Waals surface area contributed by atoms with Crippen molar-refractivity contribution >= 4 is 44.5 Å². The van der Waals surface area contributed by atoms with E-state index in [1.54, 1.807) is 6.21 Å². The van der Waals surface area contributed by atoms with Crippen LogP contribution in [0.15, 0.2) is 27.8 Å². The molecule has 2 aromatic rings. The zero-order chi connectivity index (χ0) is 17.7. The number of anilines is 1. The van der Waals surface area contributed by atoms with E-state index in [2.05, 4.69) is 31.4 Å². The average molecular weight is 411 g/mol. The van der Waals surface area contributed by atoms with Crippen LogP contribution in [0, 0.1) is 0 Å². The molecule has 0 bridgehead atoms. The van der Waals surface area contributed by atoms with E-state index < -0.39 is 0 Å². The monoisotopic (exact) mass is 410 g/mol. The number of hydrazone groups is 1. The van der Waals surface area contributed by atoms with Crippen molar-refractivity contribution in [2.75, 3.05) is 5.73 Å². The van der Waals surface area contributed by atoms with Crippen LogP contribution in [0.2, 0.25) is 0 Å². The maximum absolute atomic E-state index is 12.1. The zero-order valence-electron chi connectivity index (χ0n) is 13.7. The zero-order valence-corrected chi connectivity index (χ0v) is 16.1. The number of aromatic nitrogens is 1.